The minimum atomic E-state index is 0.871. The lowest BCUT2D eigenvalue weighted by atomic mass is 9.96. The second kappa shape index (κ2) is 15.7. The summed E-state index contributed by atoms with van der Waals surface area (Å²) in [6, 6.07) is 0. The van der Waals surface area contributed by atoms with E-state index in [1.165, 1.54) is 88.0 Å². The van der Waals surface area contributed by atoms with Crippen molar-refractivity contribution in [2.45, 2.75) is 90.9 Å². The van der Waals surface area contributed by atoms with Gasteiger partial charge in [-0.3, -0.25) is 0 Å². The van der Waals surface area contributed by atoms with Crippen molar-refractivity contribution in [1.29, 1.82) is 0 Å². The molecule has 0 N–H and O–H groups in total. The minimum Gasteiger partial charge on any atom is -0.0654 e. The Morgan fingerprint density at radius 2 is 1.17 bits per heavy atom. The monoisotopic (exact) mass is 292 g/mol. The molecule has 0 radical (unpaired) electrons. The maximum absolute atomic E-state index is 5.83. The fourth-order valence-electron chi connectivity index (χ4n) is 2.47. The first-order valence-corrected chi connectivity index (χ1v) is 9.89. The van der Waals surface area contributed by atoms with Crippen LogP contribution < -0.4 is 0 Å². The summed E-state index contributed by atoms with van der Waals surface area (Å²) in [6.45, 7) is 4.56. The summed E-state index contributed by atoms with van der Waals surface area (Å²) < 4.78 is 0. The molecule has 0 amide bonds. The zero-order valence-electron chi connectivity index (χ0n) is 12.6. The van der Waals surface area contributed by atoms with Crippen LogP contribution in [0.15, 0.2) is 0 Å². The molecule has 18 heavy (non-hydrogen) atoms. The van der Waals surface area contributed by atoms with Crippen LogP contribution in [0.3, 0.4) is 0 Å². The molecule has 0 aliphatic carbocycles. The third-order valence-corrected chi connectivity index (χ3v) is 4.71. The Kier molecular flexibility index (Phi) is 16.3. The molecule has 0 heterocycles. The van der Waals surface area contributed by atoms with Gasteiger partial charge in [-0.2, -0.15) is 0 Å². The fraction of sp³-hybridized carbons (Fsp3) is 1.00. The summed E-state index contributed by atoms with van der Waals surface area (Å²) in [5.74, 6) is 2.03. The van der Waals surface area contributed by atoms with Gasteiger partial charge in [-0.05, 0) is 29.4 Å². The third-order valence-electron chi connectivity index (χ3n) is 3.73. The highest BCUT2D eigenvalue weighted by atomic mass is 35.7. The zero-order valence-corrected chi connectivity index (χ0v) is 14.1. The van der Waals surface area contributed by atoms with Crippen LogP contribution in [0.25, 0.3) is 0 Å². The van der Waals surface area contributed by atoms with Crippen molar-refractivity contribution in [2.24, 2.45) is 5.92 Å². The predicted octanol–water partition coefficient (Wildman–Crippen LogP) is 7.21. The van der Waals surface area contributed by atoms with Crippen LogP contribution in [0.2, 0.25) is 0 Å². The van der Waals surface area contributed by atoms with Gasteiger partial charge < -0.3 is 0 Å². The van der Waals surface area contributed by atoms with E-state index in [2.05, 4.69) is 13.8 Å². The van der Waals surface area contributed by atoms with E-state index < -0.39 is 0 Å². The molecule has 0 nitrogen and oxygen atoms in total. The number of halogens is 1. The first-order valence-electron chi connectivity index (χ1n) is 8.08. The second-order valence-corrected chi connectivity index (χ2v) is 6.75. The molecule has 0 aromatic rings. The van der Waals surface area contributed by atoms with Gasteiger partial charge in [-0.15, -0.1) is 0 Å². The van der Waals surface area contributed by atoms with Gasteiger partial charge >= 0.3 is 0 Å². The van der Waals surface area contributed by atoms with Gasteiger partial charge in [0.2, 0.25) is 0 Å². The molecular formula is C16H33ClS. The molecule has 0 spiro atoms. The lowest BCUT2D eigenvalue weighted by Crippen LogP contribution is -2.03. The van der Waals surface area contributed by atoms with Crippen LogP contribution in [-0.2, 0) is 0 Å². The van der Waals surface area contributed by atoms with Crippen molar-refractivity contribution in [2.75, 3.05) is 5.75 Å². The molecule has 0 bridgehead atoms. The number of rotatable bonds is 14. The molecule has 0 rings (SSSR count). The molecule has 0 aromatic heterocycles. The molecule has 110 valence electrons. The zero-order chi connectivity index (χ0) is 13.5. The van der Waals surface area contributed by atoms with E-state index in [0.717, 1.165) is 11.7 Å². The Labute approximate surface area is 124 Å². The van der Waals surface area contributed by atoms with Crippen LogP contribution >= 0.6 is 21.7 Å². The van der Waals surface area contributed by atoms with Crippen molar-refractivity contribution in [3.05, 3.63) is 0 Å². The van der Waals surface area contributed by atoms with Crippen LogP contribution in [0, 0.1) is 5.92 Å². The van der Waals surface area contributed by atoms with Crippen LogP contribution in [0.4, 0.5) is 0 Å². The van der Waals surface area contributed by atoms with Gasteiger partial charge in [0.05, 0.1) is 0 Å². The molecule has 0 fully saturated rings. The summed E-state index contributed by atoms with van der Waals surface area (Å²) in [5, 5.41) is 0. The van der Waals surface area contributed by atoms with E-state index in [9.17, 15) is 0 Å². The summed E-state index contributed by atoms with van der Waals surface area (Å²) in [7, 11) is 7.35. The molecule has 0 saturated carbocycles. The first-order chi connectivity index (χ1) is 8.85. The Morgan fingerprint density at radius 3 is 1.67 bits per heavy atom. The maximum Gasteiger partial charge on any atom is 0.0114 e. The maximum atomic E-state index is 5.83. The molecule has 1 unspecified atom stereocenters. The van der Waals surface area contributed by atoms with Crippen LogP contribution in [-0.4, -0.2) is 5.75 Å². The molecule has 0 aliphatic heterocycles. The van der Waals surface area contributed by atoms with Gasteiger partial charge in [-0.1, -0.05) is 89.0 Å². The van der Waals surface area contributed by atoms with Crippen molar-refractivity contribution in [3.8, 4) is 0 Å². The molecular weight excluding hydrogens is 260 g/mol. The number of unbranched alkanes of at least 4 members (excludes halogenated alkanes) is 8. The number of hydrogen-bond acceptors (Lipinski definition) is 1. The predicted molar refractivity (Wildman–Crippen MR) is 88.6 cm³/mol. The Balaban J connectivity index is 3.44. The van der Waals surface area contributed by atoms with Crippen molar-refractivity contribution < 1.29 is 0 Å². The van der Waals surface area contributed by atoms with Crippen molar-refractivity contribution in [1.82, 2.24) is 0 Å². The molecule has 1 atom stereocenters. The highest BCUT2D eigenvalue weighted by molar-refractivity contribution is 8.21. The van der Waals surface area contributed by atoms with Gasteiger partial charge in [0.15, 0.2) is 0 Å². The Bertz CT molecular complexity index is 150. The summed E-state index contributed by atoms with van der Waals surface area (Å²) >= 11 is 0. The van der Waals surface area contributed by atoms with Crippen molar-refractivity contribution in [3.63, 3.8) is 0 Å². The van der Waals surface area contributed by atoms with E-state index in [4.69, 9.17) is 10.7 Å². The van der Waals surface area contributed by atoms with Gasteiger partial charge in [-0.25, -0.2) is 0 Å². The largest absolute Gasteiger partial charge is 0.0654 e. The van der Waals surface area contributed by atoms with E-state index in [1.807, 2.05) is 0 Å². The molecule has 0 aromatic carbocycles. The first kappa shape index (κ1) is 18.6. The second-order valence-electron chi connectivity index (χ2n) is 5.55. The summed E-state index contributed by atoms with van der Waals surface area (Å²) in [4.78, 5) is 0. The van der Waals surface area contributed by atoms with Gasteiger partial charge in [0, 0.05) is 5.75 Å². The Morgan fingerprint density at radius 1 is 0.722 bits per heavy atom. The van der Waals surface area contributed by atoms with E-state index in [0.29, 0.717) is 0 Å². The highest BCUT2D eigenvalue weighted by Crippen LogP contribution is 2.24. The topological polar surface area (TPSA) is 0 Å². The normalized spacial score (nSPS) is 12.8. The molecule has 2 heteroatoms. The average molecular weight is 293 g/mol. The lowest BCUT2D eigenvalue weighted by Gasteiger charge is -2.14. The summed E-state index contributed by atoms with van der Waals surface area (Å²) in [5.41, 5.74) is 0. The van der Waals surface area contributed by atoms with Crippen LogP contribution in [0.1, 0.15) is 90.9 Å². The summed E-state index contributed by atoms with van der Waals surface area (Å²) in [6.07, 6.45) is 16.8. The highest BCUT2D eigenvalue weighted by Gasteiger charge is 2.08. The SMILES string of the molecule is CCCCCCCCC(CCCCCC)CSCl. The standard InChI is InChI=1S/C16H33ClS/c1-3-5-7-9-10-12-14-16(15-18-17)13-11-8-6-4-2/h16H,3-15H2,1-2H3. The van der Waals surface area contributed by atoms with Crippen LogP contribution in [0.5, 0.6) is 0 Å². The number of hydrogen-bond donors (Lipinski definition) is 0. The quantitative estimate of drug-likeness (QED) is 0.305. The lowest BCUT2D eigenvalue weighted by molar-refractivity contribution is 0.440. The fourth-order valence-corrected chi connectivity index (χ4v) is 3.52. The average Bonchev–Trinajstić information content (AvgIpc) is 2.38. The Hall–Kier alpha value is 0.640. The minimum absolute atomic E-state index is 0.871. The smallest absolute Gasteiger partial charge is 0.0114 e. The molecule has 0 aliphatic rings. The van der Waals surface area contributed by atoms with E-state index >= 15 is 0 Å². The third kappa shape index (κ3) is 13.1. The molecule has 0 saturated heterocycles. The van der Waals surface area contributed by atoms with E-state index in [-0.39, 0.29) is 0 Å². The van der Waals surface area contributed by atoms with Crippen molar-refractivity contribution >= 4 is 21.7 Å². The van der Waals surface area contributed by atoms with Gasteiger partial charge in [0.1, 0.15) is 0 Å². The van der Waals surface area contributed by atoms with E-state index in [1.54, 1.807) is 0 Å². The van der Waals surface area contributed by atoms with Gasteiger partial charge in [0.25, 0.3) is 0 Å².